The second-order valence-corrected chi connectivity index (χ2v) is 4.90. The molecule has 4 N–H and O–H groups in total. The molecule has 0 aliphatic heterocycles. The lowest BCUT2D eigenvalue weighted by atomic mass is 10.1. The van der Waals surface area contributed by atoms with E-state index in [0.29, 0.717) is 4.47 Å². The van der Waals surface area contributed by atoms with Gasteiger partial charge in [0.2, 0.25) is 0 Å². The zero-order valence-corrected chi connectivity index (χ0v) is 11.7. The Labute approximate surface area is 120 Å². The maximum absolute atomic E-state index is 13.4. The summed E-state index contributed by atoms with van der Waals surface area (Å²) in [5.74, 6) is -3.62. The van der Waals surface area contributed by atoms with Gasteiger partial charge in [0.1, 0.15) is 11.7 Å². The standard InChI is InChI=1S/C11H12BrF4N3O/c12-7-1-2-9(13)6(3-7)4-18-5-8(10(17)19-20)11(14,15)16/h1-3,8,18,20H,4-5H2,(H2,17,19). The van der Waals surface area contributed by atoms with E-state index < -0.39 is 30.3 Å². The van der Waals surface area contributed by atoms with Gasteiger partial charge < -0.3 is 16.3 Å². The summed E-state index contributed by atoms with van der Waals surface area (Å²) in [5.41, 5.74) is 5.20. The van der Waals surface area contributed by atoms with Gasteiger partial charge in [0, 0.05) is 23.1 Å². The first-order chi connectivity index (χ1) is 9.25. The molecular weight excluding hydrogens is 346 g/mol. The smallest absolute Gasteiger partial charge is 0.400 e. The average Bonchev–Trinajstić information content (AvgIpc) is 2.36. The quantitative estimate of drug-likeness (QED) is 0.249. The van der Waals surface area contributed by atoms with Gasteiger partial charge in [-0.15, -0.1) is 0 Å². The van der Waals surface area contributed by atoms with Crippen LogP contribution in [-0.4, -0.2) is 23.8 Å². The highest BCUT2D eigenvalue weighted by atomic mass is 79.9. The summed E-state index contributed by atoms with van der Waals surface area (Å²) in [4.78, 5) is 0. The van der Waals surface area contributed by atoms with Crippen molar-refractivity contribution in [3.63, 3.8) is 0 Å². The van der Waals surface area contributed by atoms with E-state index in [9.17, 15) is 17.6 Å². The summed E-state index contributed by atoms with van der Waals surface area (Å²) in [6, 6.07) is 4.13. The molecule has 1 unspecified atom stereocenters. The van der Waals surface area contributed by atoms with E-state index in [0.717, 1.165) is 0 Å². The van der Waals surface area contributed by atoms with Crippen LogP contribution in [0, 0.1) is 11.7 Å². The molecule has 0 fully saturated rings. The number of rotatable bonds is 5. The molecule has 1 atom stereocenters. The maximum Gasteiger partial charge on any atom is 0.400 e. The molecule has 20 heavy (non-hydrogen) atoms. The van der Waals surface area contributed by atoms with Crippen molar-refractivity contribution in [2.75, 3.05) is 6.54 Å². The lowest BCUT2D eigenvalue weighted by Gasteiger charge is -2.19. The van der Waals surface area contributed by atoms with E-state index in [-0.39, 0.29) is 12.1 Å². The van der Waals surface area contributed by atoms with Crippen molar-refractivity contribution in [2.45, 2.75) is 12.7 Å². The summed E-state index contributed by atoms with van der Waals surface area (Å²) in [5, 5.41) is 13.1. The van der Waals surface area contributed by atoms with Gasteiger partial charge in [-0.1, -0.05) is 21.1 Å². The van der Waals surface area contributed by atoms with Crippen molar-refractivity contribution in [1.82, 2.24) is 5.32 Å². The van der Waals surface area contributed by atoms with Crippen LogP contribution in [0.25, 0.3) is 0 Å². The van der Waals surface area contributed by atoms with E-state index in [1.54, 1.807) is 0 Å². The second-order valence-electron chi connectivity index (χ2n) is 3.99. The fourth-order valence-electron chi connectivity index (χ4n) is 1.49. The molecule has 0 radical (unpaired) electrons. The minimum atomic E-state index is -4.65. The molecule has 1 rings (SSSR count). The van der Waals surface area contributed by atoms with Gasteiger partial charge in [-0.2, -0.15) is 13.2 Å². The molecule has 0 heterocycles. The molecule has 0 bridgehead atoms. The Kier molecular flexibility index (Phi) is 5.75. The summed E-state index contributed by atoms with van der Waals surface area (Å²) in [6.45, 7) is -0.734. The maximum atomic E-state index is 13.4. The topological polar surface area (TPSA) is 70.6 Å². The molecule has 9 heteroatoms. The monoisotopic (exact) mass is 357 g/mol. The molecule has 0 spiro atoms. The Hall–Kier alpha value is -1.35. The first kappa shape index (κ1) is 16.7. The molecule has 0 amide bonds. The molecule has 112 valence electrons. The Morgan fingerprint density at radius 3 is 2.65 bits per heavy atom. The SMILES string of the molecule is N/C(=N/O)C(CNCc1cc(Br)ccc1F)C(F)(F)F. The van der Waals surface area contributed by atoms with E-state index >= 15 is 0 Å². The Balaban J connectivity index is 2.68. The molecule has 0 saturated heterocycles. The highest BCUT2D eigenvalue weighted by Gasteiger charge is 2.42. The Morgan fingerprint density at radius 1 is 1.45 bits per heavy atom. The third-order valence-electron chi connectivity index (χ3n) is 2.54. The third kappa shape index (κ3) is 4.64. The van der Waals surface area contributed by atoms with Gasteiger partial charge in [-0.3, -0.25) is 0 Å². The van der Waals surface area contributed by atoms with Crippen LogP contribution in [0.15, 0.2) is 27.8 Å². The average molecular weight is 358 g/mol. The third-order valence-corrected chi connectivity index (χ3v) is 3.03. The Morgan fingerprint density at radius 2 is 2.10 bits per heavy atom. The van der Waals surface area contributed by atoms with Gasteiger partial charge in [0.25, 0.3) is 0 Å². The minimum Gasteiger partial charge on any atom is -0.409 e. The number of amidine groups is 1. The predicted octanol–water partition coefficient (Wildman–Crippen LogP) is 2.60. The van der Waals surface area contributed by atoms with Crippen LogP contribution in [-0.2, 0) is 6.54 Å². The largest absolute Gasteiger partial charge is 0.409 e. The van der Waals surface area contributed by atoms with Crippen LogP contribution in [0.4, 0.5) is 17.6 Å². The minimum absolute atomic E-state index is 0.115. The zero-order chi connectivity index (χ0) is 15.3. The number of nitrogens with one attached hydrogen (secondary N) is 1. The number of benzene rings is 1. The molecule has 0 aliphatic rings. The van der Waals surface area contributed by atoms with Gasteiger partial charge in [-0.25, -0.2) is 4.39 Å². The number of nitrogens with two attached hydrogens (primary N) is 1. The van der Waals surface area contributed by atoms with Crippen LogP contribution in [0.5, 0.6) is 0 Å². The number of halogens is 5. The molecule has 0 aliphatic carbocycles. The Bertz CT molecular complexity index is 493. The fourth-order valence-corrected chi connectivity index (χ4v) is 1.90. The lowest BCUT2D eigenvalue weighted by molar-refractivity contribution is -0.154. The normalized spacial score (nSPS) is 14.3. The fraction of sp³-hybridized carbons (Fsp3) is 0.364. The van der Waals surface area contributed by atoms with Crippen molar-refractivity contribution in [3.05, 3.63) is 34.1 Å². The van der Waals surface area contributed by atoms with Crippen molar-refractivity contribution >= 4 is 21.8 Å². The number of alkyl halides is 3. The lowest BCUT2D eigenvalue weighted by Crippen LogP contribution is -2.42. The van der Waals surface area contributed by atoms with Crippen LogP contribution in [0.2, 0.25) is 0 Å². The first-order valence-corrected chi connectivity index (χ1v) is 6.23. The number of nitrogens with zero attached hydrogens (tertiary/aromatic N) is 1. The highest BCUT2D eigenvalue weighted by Crippen LogP contribution is 2.26. The van der Waals surface area contributed by atoms with Crippen molar-refractivity contribution in [2.24, 2.45) is 16.8 Å². The van der Waals surface area contributed by atoms with E-state index in [4.69, 9.17) is 10.9 Å². The van der Waals surface area contributed by atoms with E-state index in [1.165, 1.54) is 18.2 Å². The summed E-state index contributed by atoms with van der Waals surface area (Å²) in [6.07, 6.45) is -4.65. The van der Waals surface area contributed by atoms with E-state index in [2.05, 4.69) is 26.4 Å². The van der Waals surface area contributed by atoms with Crippen LogP contribution < -0.4 is 11.1 Å². The van der Waals surface area contributed by atoms with Gasteiger partial charge in [0.05, 0.1) is 0 Å². The molecule has 0 saturated carbocycles. The molecule has 1 aromatic rings. The molecular formula is C11H12BrF4N3O. The molecule has 0 aromatic heterocycles. The predicted molar refractivity (Wildman–Crippen MR) is 68.8 cm³/mol. The summed E-state index contributed by atoms with van der Waals surface area (Å²) < 4.78 is 51.9. The first-order valence-electron chi connectivity index (χ1n) is 5.44. The molecule has 1 aromatic carbocycles. The number of hydrogen-bond acceptors (Lipinski definition) is 3. The van der Waals surface area contributed by atoms with Crippen molar-refractivity contribution in [3.8, 4) is 0 Å². The van der Waals surface area contributed by atoms with Crippen LogP contribution in [0.1, 0.15) is 5.56 Å². The summed E-state index contributed by atoms with van der Waals surface area (Å²) >= 11 is 3.14. The van der Waals surface area contributed by atoms with Gasteiger partial charge in [0.15, 0.2) is 5.84 Å². The second kappa shape index (κ2) is 6.89. The van der Waals surface area contributed by atoms with Crippen LogP contribution >= 0.6 is 15.9 Å². The zero-order valence-electron chi connectivity index (χ0n) is 10.1. The van der Waals surface area contributed by atoms with Crippen molar-refractivity contribution < 1.29 is 22.8 Å². The number of oxime groups is 1. The van der Waals surface area contributed by atoms with Crippen molar-refractivity contribution in [1.29, 1.82) is 0 Å². The number of hydrogen-bond donors (Lipinski definition) is 3. The van der Waals surface area contributed by atoms with Gasteiger partial charge >= 0.3 is 6.18 Å². The summed E-state index contributed by atoms with van der Waals surface area (Å²) in [7, 11) is 0. The highest BCUT2D eigenvalue weighted by molar-refractivity contribution is 9.10. The van der Waals surface area contributed by atoms with Crippen LogP contribution in [0.3, 0.4) is 0 Å². The van der Waals surface area contributed by atoms with E-state index in [1.807, 2.05) is 0 Å². The molecule has 4 nitrogen and oxygen atoms in total. The van der Waals surface area contributed by atoms with Gasteiger partial charge in [-0.05, 0) is 18.2 Å².